The number of aliphatic hydroxyl groups is 1. The molecule has 18 heavy (non-hydrogen) atoms. The third-order valence-corrected chi connectivity index (χ3v) is 7.17. The van der Waals surface area contributed by atoms with Crippen LogP contribution in [0.15, 0.2) is 11.6 Å². The number of nitrogens with zero attached hydrogens (tertiary/aromatic N) is 1. The van der Waals surface area contributed by atoms with E-state index < -0.39 is 26.3 Å². The molecule has 1 atom stereocenters. The van der Waals surface area contributed by atoms with Crippen molar-refractivity contribution in [1.82, 2.24) is 4.90 Å². The van der Waals surface area contributed by atoms with Gasteiger partial charge >= 0.3 is 15.2 Å². The predicted molar refractivity (Wildman–Crippen MR) is 61.7 cm³/mol. The number of hydrogen-bond acceptors (Lipinski definition) is 4. The number of rotatable bonds is 3. The molecule has 0 radical (unpaired) electrons. The number of hydrogen-bond donors (Lipinski definition) is 5. The van der Waals surface area contributed by atoms with Crippen molar-refractivity contribution in [2.75, 3.05) is 13.1 Å². The van der Waals surface area contributed by atoms with Gasteiger partial charge in [-0.25, -0.2) is 0 Å². The van der Waals surface area contributed by atoms with Gasteiger partial charge in [0.2, 0.25) is 0 Å². The third-order valence-electron chi connectivity index (χ3n) is 3.47. The predicted octanol–water partition coefficient (Wildman–Crippen LogP) is -0.608. The Balaban J connectivity index is 2.50. The molecular formula is C8H15NO7P2. The van der Waals surface area contributed by atoms with Gasteiger partial charge in [-0.2, -0.15) is 0 Å². The fourth-order valence-electron chi connectivity index (χ4n) is 2.62. The Morgan fingerprint density at radius 3 is 2.28 bits per heavy atom. The lowest BCUT2D eigenvalue weighted by Gasteiger charge is -2.33. The summed E-state index contributed by atoms with van der Waals surface area (Å²) in [6.07, 6.45) is 2.59. The van der Waals surface area contributed by atoms with E-state index >= 15 is 0 Å². The fourth-order valence-corrected chi connectivity index (χ4v) is 5.13. The molecule has 1 unspecified atom stereocenters. The van der Waals surface area contributed by atoms with Crippen molar-refractivity contribution in [1.29, 1.82) is 0 Å². The smallest absolute Gasteiger partial charge is 0.364 e. The molecule has 2 aliphatic rings. The van der Waals surface area contributed by atoms with E-state index in [2.05, 4.69) is 0 Å². The van der Waals surface area contributed by atoms with Crippen LogP contribution in [0.3, 0.4) is 0 Å². The van der Waals surface area contributed by atoms with Crippen LogP contribution < -0.4 is 0 Å². The van der Waals surface area contributed by atoms with E-state index in [0.29, 0.717) is 19.5 Å². The van der Waals surface area contributed by atoms with Gasteiger partial charge in [-0.05, 0) is 19.4 Å². The zero-order valence-corrected chi connectivity index (χ0v) is 11.2. The maximum Gasteiger partial charge on any atom is 0.373 e. The minimum atomic E-state index is -5.41. The average molecular weight is 299 g/mol. The van der Waals surface area contributed by atoms with Gasteiger partial charge in [-0.1, -0.05) is 6.08 Å². The van der Waals surface area contributed by atoms with E-state index in [4.69, 9.17) is 19.6 Å². The molecule has 0 bridgehead atoms. The summed E-state index contributed by atoms with van der Waals surface area (Å²) in [5, 5.41) is 6.61. The lowest BCUT2D eigenvalue weighted by atomic mass is 10.1. The van der Waals surface area contributed by atoms with Gasteiger partial charge in [0.05, 0.1) is 0 Å². The van der Waals surface area contributed by atoms with E-state index in [1.165, 1.54) is 6.08 Å². The summed E-state index contributed by atoms with van der Waals surface area (Å²) in [5.41, 5.74) is -0.248. The molecule has 2 rings (SSSR count). The molecule has 0 aromatic heterocycles. The second-order valence-corrected chi connectivity index (χ2v) is 8.36. The van der Waals surface area contributed by atoms with Crippen LogP contribution in [0.5, 0.6) is 0 Å². The molecule has 2 aliphatic heterocycles. The standard InChI is InChI=1S/C8H15NO7P2/c10-8(17(11,12)13,18(14,15)16)6-3-5-9-4-1-2-7(6)9/h3,7,10H,1-2,4-5H2,(H2,11,12,13)(H2,14,15,16). The van der Waals surface area contributed by atoms with Crippen LogP contribution in [0.25, 0.3) is 0 Å². The molecule has 1 fully saturated rings. The molecule has 0 aromatic carbocycles. The van der Waals surface area contributed by atoms with E-state index in [9.17, 15) is 14.2 Å². The highest BCUT2D eigenvalue weighted by atomic mass is 31.2. The first-order valence-corrected chi connectivity index (χ1v) is 8.60. The van der Waals surface area contributed by atoms with Gasteiger partial charge in [0.15, 0.2) is 0 Å². The molecule has 104 valence electrons. The van der Waals surface area contributed by atoms with E-state index in [-0.39, 0.29) is 5.57 Å². The van der Waals surface area contributed by atoms with Crippen molar-refractivity contribution in [2.45, 2.75) is 24.0 Å². The highest BCUT2D eigenvalue weighted by Crippen LogP contribution is 2.71. The lowest BCUT2D eigenvalue weighted by Crippen LogP contribution is -2.38. The summed E-state index contributed by atoms with van der Waals surface area (Å²) >= 11 is 0. The van der Waals surface area contributed by atoms with Crippen molar-refractivity contribution < 1.29 is 33.8 Å². The van der Waals surface area contributed by atoms with E-state index in [1.807, 2.05) is 4.90 Å². The largest absolute Gasteiger partial charge is 0.373 e. The molecule has 10 heteroatoms. The monoisotopic (exact) mass is 299 g/mol. The summed E-state index contributed by atoms with van der Waals surface area (Å²) < 4.78 is 22.7. The third kappa shape index (κ3) is 1.94. The first kappa shape index (κ1) is 14.4. The second kappa shape index (κ2) is 4.23. The van der Waals surface area contributed by atoms with E-state index in [0.717, 1.165) is 6.42 Å². The first-order chi connectivity index (χ1) is 8.09. The maximum atomic E-state index is 11.4. The van der Waals surface area contributed by atoms with Crippen molar-refractivity contribution in [3.8, 4) is 0 Å². The summed E-state index contributed by atoms with van der Waals surface area (Å²) in [5.74, 6) is 0. The van der Waals surface area contributed by atoms with Crippen molar-refractivity contribution in [2.24, 2.45) is 0 Å². The van der Waals surface area contributed by atoms with Gasteiger partial charge in [-0.15, -0.1) is 0 Å². The molecule has 8 nitrogen and oxygen atoms in total. The zero-order chi connectivity index (χ0) is 13.8. The zero-order valence-electron chi connectivity index (χ0n) is 9.38. The van der Waals surface area contributed by atoms with Crippen LogP contribution in [0.2, 0.25) is 0 Å². The van der Waals surface area contributed by atoms with Gasteiger partial charge in [0, 0.05) is 18.2 Å². The maximum absolute atomic E-state index is 11.4. The second-order valence-electron chi connectivity index (χ2n) is 4.54. The number of fused-ring (bicyclic) bond motifs is 1. The van der Waals surface area contributed by atoms with Crippen LogP contribution in [0.1, 0.15) is 12.8 Å². The Morgan fingerprint density at radius 2 is 1.78 bits per heavy atom. The summed E-state index contributed by atoms with van der Waals surface area (Å²) in [7, 11) is -10.8. The fraction of sp³-hybridized carbons (Fsp3) is 0.750. The summed E-state index contributed by atoms with van der Waals surface area (Å²) in [6.45, 7) is 1.02. The Hall–Kier alpha value is -0.0400. The molecular weight excluding hydrogens is 284 g/mol. The summed E-state index contributed by atoms with van der Waals surface area (Å²) in [4.78, 5) is 38.5. The highest BCUT2D eigenvalue weighted by Gasteiger charge is 2.64. The topological polar surface area (TPSA) is 139 Å². The van der Waals surface area contributed by atoms with Crippen molar-refractivity contribution >= 4 is 15.2 Å². The minimum absolute atomic E-state index is 0.248. The molecule has 1 saturated heterocycles. The molecule has 0 spiro atoms. The molecule has 0 saturated carbocycles. The van der Waals surface area contributed by atoms with Crippen LogP contribution >= 0.6 is 15.2 Å². The van der Waals surface area contributed by atoms with Crippen LogP contribution in [0.4, 0.5) is 0 Å². The average Bonchev–Trinajstić information content (AvgIpc) is 2.72. The van der Waals surface area contributed by atoms with Crippen LogP contribution in [-0.2, 0) is 9.13 Å². The van der Waals surface area contributed by atoms with Gasteiger partial charge in [0.1, 0.15) is 0 Å². The Kier molecular flexibility index (Phi) is 3.38. The van der Waals surface area contributed by atoms with Gasteiger partial charge in [0.25, 0.3) is 5.08 Å². The molecule has 0 aliphatic carbocycles. The summed E-state index contributed by atoms with van der Waals surface area (Å²) in [6, 6.07) is -0.504. The molecule has 5 N–H and O–H groups in total. The highest BCUT2D eigenvalue weighted by molar-refractivity contribution is 7.72. The minimum Gasteiger partial charge on any atom is -0.364 e. The van der Waals surface area contributed by atoms with Crippen molar-refractivity contribution in [3.63, 3.8) is 0 Å². The van der Waals surface area contributed by atoms with Gasteiger partial charge in [-0.3, -0.25) is 14.0 Å². The normalized spacial score (nSPS) is 26.3. The lowest BCUT2D eigenvalue weighted by molar-refractivity contribution is 0.148. The molecule has 0 amide bonds. The van der Waals surface area contributed by atoms with Crippen molar-refractivity contribution in [3.05, 3.63) is 11.6 Å². The van der Waals surface area contributed by atoms with Gasteiger partial charge < -0.3 is 24.7 Å². The quantitative estimate of drug-likeness (QED) is 0.344. The Morgan fingerprint density at radius 1 is 1.22 bits per heavy atom. The van der Waals surface area contributed by atoms with Crippen LogP contribution in [0, 0.1) is 0 Å². The Labute approximate surface area is 103 Å². The first-order valence-electron chi connectivity index (χ1n) is 5.37. The van der Waals surface area contributed by atoms with Crippen LogP contribution in [-0.4, -0.2) is 53.8 Å². The van der Waals surface area contributed by atoms with E-state index in [1.54, 1.807) is 0 Å². The SMILES string of the molecule is O=P(O)(O)C(O)(C1=CCN2CCCC12)P(=O)(O)O. The Bertz CT molecular complexity index is 456. The molecule has 2 heterocycles. The molecule has 0 aromatic rings.